The third kappa shape index (κ3) is 2.04. The summed E-state index contributed by atoms with van der Waals surface area (Å²) in [7, 11) is 1.65. The van der Waals surface area contributed by atoms with Gasteiger partial charge in [0.15, 0.2) is 0 Å². The lowest BCUT2D eigenvalue weighted by molar-refractivity contribution is 0.610. The van der Waals surface area contributed by atoms with Crippen LogP contribution >= 0.6 is 22.4 Å². The van der Waals surface area contributed by atoms with E-state index in [2.05, 4.69) is 0 Å². The summed E-state index contributed by atoms with van der Waals surface area (Å²) >= 11 is 1.18. The van der Waals surface area contributed by atoms with Gasteiger partial charge in [-0.3, -0.25) is 0 Å². The van der Waals surface area contributed by atoms with Crippen molar-refractivity contribution < 1.29 is 8.42 Å². The molecule has 10 heavy (non-hydrogen) atoms. The van der Waals surface area contributed by atoms with Crippen molar-refractivity contribution in [3.63, 3.8) is 0 Å². The summed E-state index contributed by atoms with van der Waals surface area (Å²) < 4.78 is 20.7. The van der Waals surface area contributed by atoms with Gasteiger partial charge >= 0.3 is 0 Å². The van der Waals surface area contributed by atoms with Crippen LogP contribution in [0.5, 0.6) is 0 Å². The number of hydrogen-bond acceptors (Lipinski definition) is 3. The maximum Gasteiger partial charge on any atom is 0.248 e. The van der Waals surface area contributed by atoms with Gasteiger partial charge in [-0.2, -0.15) is 0 Å². The Morgan fingerprint density at radius 1 is 1.40 bits per heavy atom. The molecule has 0 N–H and O–H groups in total. The quantitative estimate of drug-likeness (QED) is 0.599. The fourth-order valence-corrected chi connectivity index (χ4v) is 2.60. The lowest BCUT2D eigenvalue weighted by Crippen LogP contribution is -2.08. The molecule has 1 unspecified atom stereocenters. The monoisotopic (exact) mass is 196 g/mol. The largest absolute Gasteiger partial charge is 0.248 e. The SMILES string of the molecule is O=S(=O)(Cl)C1C=CC=CS1. The second-order valence-electron chi connectivity index (χ2n) is 1.69. The van der Waals surface area contributed by atoms with Gasteiger partial charge in [-0.1, -0.05) is 18.2 Å². The van der Waals surface area contributed by atoms with Crippen LogP contribution < -0.4 is 0 Å². The normalized spacial score (nSPS) is 25.1. The summed E-state index contributed by atoms with van der Waals surface area (Å²) in [5.41, 5.74) is 0. The molecular weight excluding hydrogens is 192 g/mol. The maximum absolute atomic E-state index is 10.6. The van der Waals surface area contributed by atoms with E-state index >= 15 is 0 Å². The molecule has 0 radical (unpaired) electrons. The zero-order valence-electron chi connectivity index (χ0n) is 4.90. The van der Waals surface area contributed by atoms with Gasteiger partial charge < -0.3 is 0 Å². The molecule has 1 aliphatic heterocycles. The standard InChI is InChI=1S/C5H5ClO2S2/c6-10(7,8)5-3-1-2-4-9-5/h1-5H. The first-order chi connectivity index (χ1) is 4.61. The molecule has 0 aromatic rings. The molecule has 0 bridgehead atoms. The van der Waals surface area contributed by atoms with E-state index in [0.717, 1.165) is 0 Å². The van der Waals surface area contributed by atoms with Gasteiger partial charge in [-0.25, -0.2) is 8.42 Å². The summed E-state index contributed by atoms with van der Waals surface area (Å²) in [6.07, 6.45) is 4.98. The Kier molecular flexibility index (Phi) is 2.44. The van der Waals surface area contributed by atoms with Crippen molar-refractivity contribution in [2.24, 2.45) is 0 Å². The average Bonchev–Trinajstić information content (AvgIpc) is 1.88. The highest BCUT2D eigenvalue weighted by atomic mass is 35.7. The minimum absolute atomic E-state index is 0.612. The van der Waals surface area contributed by atoms with E-state index in [1.807, 2.05) is 0 Å². The molecular formula is C5H5ClO2S2. The Balaban J connectivity index is 2.79. The van der Waals surface area contributed by atoms with Crippen LogP contribution in [0.1, 0.15) is 0 Å². The van der Waals surface area contributed by atoms with Crippen LogP contribution in [-0.4, -0.2) is 13.0 Å². The van der Waals surface area contributed by atoms with E-state index in [4.69, 9.17) is 10.7 Å². The molecule has 2 nitrogen and oxygen atoms in total. The van der Waals surface area contributed by atoms with Crippen LogP contribution in [0.4, 0.5) is 0 Å². The van der Waals surface area contributed by atoms with Crippen molar-refractivity contribution in [2.45, 2.75) is 4.58 Å². The van der Waals surface area contributed by atoms with Crippen LogP contribution in [0, 0.1) is 0 Å². The molecule has 1 atom stereocenters. The van der Waals surface area contributed by atoms with E-state index in [-0.39, 0.29) is 0 Å². The third-order valence-corrected chi connectivity index (χ3v) is 4.39. The fourth-order valence-electron chi connectivity index (χ4n) is 0.529. The number of thioether (sulfide) groups is 1. The van der Waals surface area contributed by atoms with Crippen molar-refractivity contribution in [1.29, 1.82) is 0 Å². The minimum Gasteiger partial charge on any atom is -0.211 e. The molecule has 1 aliphatic rings. The smallest absolute Gasteiger partial charge is 0.211 e. The molecule has 0 fully saturated rings. The van der Waals surface area contributed by atoms with E-state index in [1.165, 1.54) is 11.8 Å². The Morgan fingerprint density at radius 2 is 2.10 bits per heavy atom. The van der Waals surface area contributed by atoms with Crippen LogP contribution in [0.2, 0.25) is 0 Å². The highest BCUT2D eigenvalue weighted by molar-refractivity contribution is 8.25. The summed E-state index contributed by atoms with van der Waals surface area (Å²) in [5.74, 6) is 0. The first kappa shape index (κ1) is 8.17. The minimum atomic E-state index is -3.43. The van der Waals surface area contributed by atoms with Crippen LogP contribution in [-0.2, 0) is 9.05 Å². The molecule has 0 saturated carbocycles. The number of allylic oxidation sites excluding steroid dienone is 2. The molecule has 1 rings (SSSR count). The van der Waals surface area contributed by atoms with Crippen molar-refractivity contribution in [3.05, 3.63) is 23.6 Å². The van der Waals surface area contributed by atoms with Crippen molar-refractivity contribution in [1.82, 2.24) is 0 Å². The summed E-state index contributed by atoms with van der Waals surface area (Å²) in [5, 5.41) is 1.70. The highest BCUT2D eigenvalue weighted by Gasteiger charge is 2.19. The maximum atomic E-state index is 10.6. The molecule has 5 heteroatoms. The molecule has 0 aliphatic carbocycles. The predicted octanol–water partition coefficient (Wildman–Crippen LogP) is 1.70. The van der Waals surface area contributed by atoms with Gasteiger partial charge in [0.05, 0.1) is 0 Å². The van der Waals surface area contributed by atoms with Gasteiger partial charge in [0, 0.05) is 10.7 Å². The van der Waals surface area contributed by atoms with Crippen LogP contribution in [0.25, 0.3) is 0 Å². The first-order valence-corrected chi connectivity index (χ1v) is 5.84. The highest BCUT2D eigenvalue weighted by Crippen LogP contribution is 2.25. The number of hydrogen-bond donors (Lipinski definition) is 0. The molecule has 0 saturated heterocycles. The molecule has 1 heterocycles. The fraction of sp³-hybridized carbons (Fsp3) is 0.200. The topological polar surface area (TPSA) is 34.1 Å². The van der Waals surface area contributed by atoms with Gasteiger partial charge in [-0.15, -0.1) is 11.8 Å². The predicted molar refractivity (Wildman–Crippen MR) is 44.4 cm³/mol. The molecule has 0 aromatic carbocycles. The number of rotatable bonds is 1. The molecule has 56 valence electrons. The van der Waals surface area contributed by atoms with Gasteiger partial charge in [0.2, 0.25) is 9.05 Å². The second-order valence-corrected chi connectivity index (χ2v) is 5.79. The van der Waals surface area contributed by atoms with Crippen molar-refractivity contribution in [2.75, 3.05) is 0 Å². The number of halogens is 1. The van der Waals surface area contributed by atoms with Gasteiger partial charge in [0.25, 0.3) is 0 Å². The summed E-state index contributed by atoms with van der Waals surface area (Å²) in [4.78, 5) is 0. The molecule has 0 spiro atoms. The second kappa shape index (κ2) is 2.98. The summed E-state index contributed by atoms with van der Waals surface area (Å²) in [6, 6.07) is 0. The van der Waals surface area contributed by atoms with Crippen LogP contribution in [0.15, 0.2) is 23.6 Å². The van der Waals surface area contributed by atoms with Crippen molar-refractivity contribution in [3.8, 4) is 0 Å². The zero-order chi connectivity index (χ0) is 7.61. The van der Waals surface area contributed by atoms with E-state index in [0.29, 0.717) is 0 Å². The molecule has 0 aromatic heterocycles. The lowest BCUT2D eigenvalue weighted by atomic mass is 10.5. The Bertz CT molecular complexity index is 265. The van der Waals surface area contributed by atoms with E-state index in [9.17, 15) is 8.42 Å². The molecule has 0 amide bonds. The van der Waals surface area contributed by atoms with Crippen LogP contribution in [0.3, 0.4) is 0 Å². The Labute approximate surface area is 68.4 Å². The summed E-state index contributed by atoms with van der Waals surface area (Å²) in [6.45, 7) is 0. The average molecular weight is 197 g/mol. The van der Waals surface area contributed by atoms with Gasteiger partial charge in [-0.05, 0) is 5.41 Å². The first-order valence-electron chi connectivity index (χ1n) is 2.53. The van der Waals surface area contributed by atoms with E-state index < -0.39 is 13.6 Å². The zero-order valence-corrected chi connectivity index (χ0v) is 7.29. The van der Waals surface area contributed by atoms with E-state index in [1.54, 1.807) is 23.6 Å². The third-order valence-electron chi connectivity index (χ3n) is 0.948. The Morgan fingerprint density at radius 3 is 2.40 bits per heavy atom. The van der Waals surface area contributed by atoms with Crippen molar-refractivity contribution >= 4 is 31.5 Å². The Hall–Kier alpha value is 0.0700. The van der Waals surface area contributed by atoms with Gasteiger partial charge in [0.1, 0.15) is 4.58 Å². The lowest BCUT2D eigenvalue weighted by Gasteiger charge is -2.06.